The second-order valence-corrected chi connectivity index (χ2v) is 8.00. The summed E-state index contributed by atoms with van der Waals surface area (Å²) < 4.78 is 7.27. The molecule has 1 aliphatic carbocycles. The average molecular weight is 392 g/mol. The van der Waals surface area contributed by atoms with Crippen molar-refractivity contribution < 1.29 is 14.1 Å². The Bertz CT molecular complexity index is 1100. The topological polar surface area (TPSA) is 80.4 Å². The Morgan fingerprint density at radius 1 is 1.21 bits per heavy atom. The number of hydrogen-bond donors (Lipinski definition) is 1. The molecule has 0 radical (unpaired) electrons. The minimum atomic E-state index is -0.218. The first-order valence-electron chi connectivity index (χ1n) is 10.2. The highest BCUT2D eigenvalue weighted by Gasteiger charge is 2.31. The zero-order chi connectivity index (χ0) is 20.0. The summed E-state index contributed by atoms with van der Waals surface area (Å²) in [6.07, 6.45) is 4.61. The monoisotopic (exact) mass is 392 g/mol. The molecule has 150 valence electrons. The molecule has 1 fully saturated rings. The van der Waals surface area contributed by atoms with Crippen LogP contribution in [0, 0.1) is 0 Å². The Labute approximate surface area is 168 Å². The van der Waals surface area contributed by atoms with Crippen LogP contribution in [0.15, 0.2) is 34.9 Å². The van der Waals surface area contributed by atoms with Crippen LogP contribution in [0.3, 0.4) is 0 Å². The lowest BCUT2D eigenvalue weighted by atomic mass is 9.96. The number of nitrogens with one attached hydrogen (secondary N) is 1. The van der Waals surface area contributed by atoms with E-state index in [0.717, 1.165) is 54.3 Å². The third-order valence-electron chi connectivity index (χ3n) is 6.15. The second-order valence-electron chi connectivity index (χ2n) is 8.00. The molecule has 0 bridgehead atoms. The Morgan fingerprint density at radius 3 is 2.90 bits per heavy atom. The van der Waals surface area contributed by atoms with Crippen molar-refractivity contribution in [3.8, 4) is 0 Å². The minimum absolute atomic E-state index is 0.00232. The van der Waals surface area contributed by atoms with Gasteiger partial charge in [-0.05, 0) is 44.2 Å². The van der Waals surface area contributed by atoms with Crippen molar-refractivity contribution >= 4 is 22.7 Å². The quantitative estimate of drug-likeness (QED) is 0.743. The van der Waals surface area contributed by atoms with E-state index >= 15 is 0 Å². The normalized spacial score (nSPS) is 18.8. The summed E-state index contributed by atoms with van der Waals surface area (Å²) in [5.74, 6) is 0.125. The number of aromatic nitrogens is 2. The van der Waals surface area contributed by atoms with Gasteiger partial charge in [0, 0.05) is 42.6 Å². The zero-order valence-electron chi connectivity index (χ0n) is 16.5. The Kier molecular flexibility index (Phi) is 4.38. The first-order chi connectivity index (χ1) is 14.1. The van der Waals surface area contributed by atoms with E-state index in [0.29, 0.717) is 24.5 Å². The van der Waals surface area contributed by atoms with Crippen LogP contribution in [0.5, 0.6) is 0 Å². The highest BCUT2D eigenvalue weighted by Crippen LogP contribution is 2.25. The van der Waals surface area contributed by atoms with Gasteiger partial charge in [0.15, 0.2) is 0 Å². The number of aryl methyl sites for hydroxylation is 2. The molecule has 29 heavy (non-hydrogen) atoms. The zero-order valence-corrected chi connectivity index (χ0v) is 16.5. The van der Waals surface area contributed by atoms with Gasteiger partial charge in [-0.3, -0.25) is 9.59 Å². The van der Waals surface area contributed by atoms with E-state index < -0.39 is 0 Å². The number of hydrogen-bond acceptors (Lipinski definition) is 4. The predicted molar refractivity (Wildman–Crippen MR) is 108 cm³/mol. The average Bonchev–Trinajstić information content (AvgIpc) is 3.45. The SMILES string of the molecule is Cn1c(C(=O)N2CC[C@@H](NC(=O)c3onc4c3CCCC4)C2)cc2ccccc21. The maximum Gasteiger partial charge on any atom is 0.290 e. The fraction of sp³-hybridized carbons (Fsp3) is 0.409. The maximum atomic E-state index is 13.1. The van der Waals surface area contributed by atoms with Crippen molar-refractivity contribution in [1.29, 1.82) is 0 Å². The van der Waals surface area contributed by atoms with Crippen LogP contribution in [0.1, 0.15) is 51.6 Å². The third-order valence-corrected chi connectivity index (χ3v) is 6.15. The summed E-state index contributed by atoms with van der Waals surface area (Å²) in [4.78, 5) is 27.6. The Morgan fingerprint density at radius 2 is 2.03 bits per heavy atom. The van der Waals surface area contributed by atoms with Gasteiger partial charge >= 0.3 is 0 Å². The van der Waals surface area contributed by atoms with Crippen LogP contribution in [0.4, 0.5) is 0 Å². The van der Waals surface area contributed by atoms with Gasteiger partial charge in [0.05, 0.1) is 5.69 Å². The number of rotatable bonds is 3. The molecule has 1 atom stereocenters. The highest BCUT2D eigenvalue weighted by atomic mass is 16.5. The van der Waals surface area contributed by atoms with E-state index in [1.165, 1.54) is 0 Å². The van der Waals surface area contributed by atoms with Crippen molar-refractivity contribution in [1.82, 2.24) is 19.9 Å². The van der Waals surface area contributed by atoms with Crippen molar-refractivity contribution in [3.63, 3.8) is 0 Å². The van der Waals surface area contributed by atoms with E-state index in [1.807, 2.05) is 46.8 Å². The molecule has 1 N–H and O–H groups in total. The number of amides is 2. The first-order valence-corrected chi connectivity index (χ1v) is 10.2. The number of nitrogens with zero attached hydrogens (tertiary/aromatic N) is 3. The molecule has 2 amide bonds. The lowest BCUT2D eigenvalue weighted by Crippen LogP contribution is -2.39. The van der Waals surface area contributed by atoms with E-state index in [2.05, 4.69) is 10.5 Å². The molecule has 3 aromatic rings. The molecule has 2 aromatic heterocycles. The van der Waals surface area contributed by atoms with Crippen LogP contribution in [-0.4, -0.2) is 45.6 Å². The van der Waals surface area contributed by atoms with Gasteiger partial charge in [0.25, 0.3) is 11.8 Å². The van der Waals surface area contributed by atoms with E-state index in [9.17, 15) is 9.59 Å². The van der Waals surface area contributed by atoms with Crippen LogP contribution >= 0.6 is 0 Å². The largest absolute Gasteiger partial charge is 0.350 e. The number of carbonyl (C=O) groups is 2. The van der Waals surface area contributed by atoms with Crippen LogP contribution in [-0.2, 0) is 19.9 Å². The summed E-state index contributed by atoms with van der Waals surface area (Å²) in [6, 6.07) is 9.82. The van der Waals surface area contributed by atoms with E-state index in [4.69, 9.17) is 4.52 Å². The van der Waals surface area contributed by atoms with E-state index in [-0.39, 0.29) is 17.9 Å². The molecule has 1 aromatic carbocycles. The highest BCUT2D eigenvalue weighted by molar-refractivity contribution is 5.99. The number of carbonyl (C=O) groups excluding carboxylic acids is 2. The maximum absolute atomic E-state index is 13.1. The van der Waals surface area contributed by atoms with Crippen LogP contribution < -0.4 is 5.32 Å². The number of benzene rings is 1. The number of para-hydroxylation sites is 1. The molecule has 0 unspecified atom stereocenters. The van der Waals surface area contributed by atoms with Crippen LogP contribution in [0.25, 0.3) is 10.9 Å². The molecule has 7 heteroatoms. The van der Waals surface area contributed by atoms with Gasteiger partial charge in [0.2, 0.25) is 5.76 Å². The first kappa shape index (κ1) is 18.0. The summed E-state index contributed by atoms with van der Waals surface area (Å²) in [7, 11) is 1.91. The standard InChI is InChI=1S/C22H24N4O3/c1-25-18-9-5-2-6-14(18)12-19(25)22(28)26-11-10-15(13-26)23-21(27)20-16-7-3-4-8-17(16)24-29-20/h2,5-6,9,12,15H,3-4,7-8,10-11,13H2,1H3,(H,23,27)/t15-/m1/s1. The van der Waals surface area contributed by atoms with Gasteiger partial charge in [-0.25, -0.2) is 0 Å². The number of likely N-dealkylation sites (tertiary alicyclic amines) is 1. The van der Waals surface area contributed by atoms with Gasteiger partial charge in [0.1, 0.15) is 5.69 Å². The minimum Gasteiger partial charge on any atom is -0.350 e. The van der Waals surface area contributed by atoms with Gasteiger partial charge in [-0.1, -0.05) is 23.4 Å². The summed E-state index contributed by atoms with van der Waals surface area (Å²) in [5.41, 5.74) is 3.58. The van der Waals surface area contributed by atoms with Crippen molar-refractivity contribution in [2.75, 3.05) is 13.1 Å². The Balaban J connectivity index is 1.27. The lowest BCUT2D eigenvalue weighted by Gasteiger charge is -2.17. The summed E-state index contributed by atoms with van der Waals surface area (Å²) >= 11 is 0. The summed E-state index contributed by atoms with van der Waals surface area (Å²) in [5, 5.41) is 8.15. The fourth-order valence-electron chi connectivity index (χ4n) is 4.54. The smallest absolute Gasteiger partial charge is 0.290 e. The summed E-state index contributed by atoms with van der Waals surface area (Å²) in [6.45, 7) is 1.13. The second kappa shape index (κ2) is 7.06. The molecular formula is C22H24N4O3. The molecule has 7 nitrogen and oxygen atoms in total. The fourth-order valence-corrected chi connectivity index (χ4v) is 4.54. The molecule has 0 spiro atoms. The van der Waals surface area contributed by atoms with Gasteiger partial charge < -0.3 is 19.3 Å². The lowest BCUT2D eigenvalue weighted by molar-refractivity contribution is 0.0772. The molecule has 1 aliphatic heterocycles. The molecule has 5 rings (SSSR count). The molecule has 1 saturated heterocycles. The van der Waals surface area contributed by atoms with Gasteiger partial charge in [-0.2, -0.15) is 0 Å². The molecule has 3 heterocycles. The number of fused-ring (bicyclic) bond motifs is 2. The molecular weight excluding hydrogens is 368 g/mol. The van der Waals surface area contributed by atoms with Crippen molar-refractivity contribution in [2.45, 2.75) is 38.1 Å². The van der Waals surface area contributed by atoms with Crippen molar-refractivity contribution in [3.05, 3.63) is 53.0 Å². The van der Waals surface area contributed by atoms with Crippen molar-refractivity contribution in [2.24, 2.45) is 7.05 Å². The Hall–Kier alpha value is -3.09. The molecule has 2 aliphatic rings. The predicted octanol–water partition coefficient (Wildman–Crippen LogP) is 2.69. The van der Waals surface area contributed by atoms with Gasteiger partial charge in [-0.15, -0.1) is 0 Å². The van der Waals surface area contributed by atoms with E-state index in [1.54, 1.807) is 0 Å². The van der Waals surface area contributed by atoms with Crippen LogP contribution in [0.2, 0.25) is 0 Å². The molecule has 0 saturated carbocycles. The third kappa shape index (κ3) is 3.10.